The molecule has 1 aromatic heterocycles. The van der Waals surface area contributed by atoms with Crippen molar-refractivity contribution in [3.63, 3.8) is 0 Å². The molecule has 2 aromatic rings. The van der Waals surface area contributed by atoms with Crippen molar-refractivity contribution in [2.45, 2.75) is 53.1 Å². The summed E-state index contributed by atoms with van der Waals surface area (Å²) in [5.41, 5.74) is 9.51. The molecule has 0 fully saturated rings. The largest absolute Gasteiger partial charge is 0.345 e. The van der Waals surface area contributed by atoms with Crippen molar-refractivity contribution in [1.82, 2.24) is 9.88 Å². The lowest BCUT2D eigenvalue weighted by molar-refractivity contribution is 0.0882. The minimum absolute atomic E-state index is 0.0544. The number of carbonyl (C=O) groups is 1. The third kappa shape index (κ3) is 3.79. The topological polar surface area (TPSA) is 60.1 Å². The van der Waals surface area contributed by atoms with Gasteiger partial charge in [0.1, 0.15) is 0 Å². The van der Waals surface area contributed by atoms with Crippen molar-refractivity contribution in [2.75, 3.05) is 6.54 Å². The average molecular weight is 341 g/mol. The fourth-order valence-electron chi connectivity index (χ4n) is 3.24. The van der Waals surface area contributed by atoms with Gasteiger partial charge in [-0.25, -0.2) is 0 Å². The number of hydrogen-bond donors (Lipinski definition) is 2. The van der Waals surface area contributed by atoms with Crippen molar-refractivity contribution in [3.05, 3.63) is 58.9 Å². The minimum Gasteiger partial charge on any atom is -0.345 e. The quantitative estimate of drug-likeness (QED) is 0.839. The Morgan fingerprint density at radius 2 is 1.80 bits per heavy atom. The van der Waals surface area contributed by atoms with Crippen LogP contribution in [-0.4, -0.2) is 22.6 Å². The fraction of sp³-hybridized carbons (Fsp3) is 0.476. The maximum atomic E-state index is 12.9. The van der Waals surface area contributed by atoms with E-state index in [0.29, 0.717) is 6.54 Å². The number of hydrogen-bond acceptors (Lipinski definition) is 2. The Kier molecular flexibility index (Phi) is 5.73. The van der Waals surface area contributed by atoms with Gasteiger partial charge in [-0.3, -0.25) is 4.79 Å². The lowest BCUT2D eigenvalue weighted by Gasteiger charge is -2.33. The molecule has 4 nitrogen and oxygen atoms in total. The fourth-order valence-corrected chi connectivity index (χ4v) is 3.24. The molecule has 0 aliphatic rings. The van der Waals surface area contributed by atoms with E-state index >= 15 is 0 Å². The highest BCUT2D eigenvalue weighted by atomic mass is 16.1. The Labute approximate surface area is 151 Å². The Bertz CT molecular complexity index is 733. The third-order valence-corrected chi connectivity index (χ3v) is 5.50. The number of rotatable bonds is 6. The van der Waals surface area contributed by atoms with Crippen LogP contribution in [0.4, 0.5) is 0 Å². The molecule has 2 atom stereocenters. The summed E-state index contributed by atoms with van der Waals surface area (Å²) < 4.78 is 2.22. The molecule has 1 aromatic carbocycles. The summed E-state index contributed by atoms with van der Waals surface area (Å²) in [4.78, 5) is 12.9. The normalized spacial score (nSPS) is 15.0. The van der Waals surface area contributed by atoms with E-state index in [4.69, 9.17) is 5.73 Å². The maximum Gasteiger partial charge on any atom is 0.253 e. The number of aromatic nitrogens is 1. The first kappa shape index (κ1) is 19.3. The van der Waals surface area contributed by atoms with Crippen LogP contribution in [-0.2, 0) is 0 Å². The first-order valence-corrected chi connectivity index (χ1v) is 8.97. The highest BCUT2D eigenvalue weighted by Gasteiger charge is 2.30. The Morgan fingerprint density at radius 1 is 1.20 bits per heavy atom. The van der Waals surface area contributed by atoms with Gasteiger partial charge < -0.3 is 15.6 Å². The molecule has 0 spiro atoms. The Balaban J connectivity index is 2.35. The molecule has 0 bridgehead atoms. The molecule has 3 N–H and O–H groups in total. The maximum absolute atomic E-state index is 12.9. The van der Waals surface area contributed by atoms with Crippen LogP contribution in [0.1, 0.15) is 61.0 Å². The van der Waals surface area contributed by atoms with Gasteiger partial charge in [0.25, 0.3) is 5.91 Å². The third-order valence-electron chi connectivity index (χ3n) is 5.50. The van der Waals surface area contributed by atoms with Gasteiger partial charge in [-0.2, -0.15) is 0 Å². The molecule has 2 rings (SSSR count). The lowest BCUT2D eigenvalue weighted by Crippen LogP contribution is -2.55. The van der Waals surface area contributed by atoms with Gasteiger partial charge in [0.15, 0.2) is 0 Å². The zero-order valence-corrected chi connectivity index (χ0v) is 16.3. The van der Waals surface area contributed by atoms with Gasteiger partial charge in [0.2, 0.25) is 0 Å². The van der Waals surface area contributed by atoms with E-state index in [1.54, 1.807) is 0 Å². The van der Waals surface area contributed by atoms with Gasteiger partial charge in [-0.05, 0) is 45.2 Å². The van der Waals surface area contributed by atoms with Crippen LogP contribution in [0.15, 0.2) is 36.4 Å². The highest BCUT2D eigenvalue weighted by molar-refractivity contribution is 5.96. The second-order valence-corrected chi connectivity index (χ2v) is 7.47. The second-order valence-electron chi connectivity index (χ2n) is 7.47. The van der Waals surface area contributed by atoms with E-state index in [0.717, 1.165) is 17.0 Å². The Morgan fingerprint density at radius 3 is 2.32 bits per heavy atom. The van der Waals surface area contributed by atoms with Crippen LogP contribution < -0.4 is 11.1 Å². The molecule has 25 heavy (non-hydrogen) atoms. The molecule has 0 radical (unpaired) electrons. The van der Waals surface area contributed by atoms with Crippen molar-refractivity contribution >= 4 is 5.91 Å². The predicted octanol–water partition coefficient (Wildman–Crippen LogP) is 3.82. The number of nitrogens with two attached hydrogens (primary N) is 1. The molecule has 0 aliphatic carbocycles. The molecule has 136 valence electrons. The van der Waals surface area contributed by atoms with E-state index in [1.807, 2.05) is 45.0 Å². The summed E-state index contributed by atoms with van der Waals surface area (Å²) in [5, 5.41) is 3.14. The van der Waals surface area contributed by atoms with Crippen LogP contribution in [0.25, 0.3) is 0 Å². The van der Waals surface area contributed by atoms with Gasteiger partial charge in [-0.15, -0.1) is 0 Å². The molecule has 0 saturated heterocycles. The van der Waals surface area contributed by atoms with E-state index in [-0.39, 0.29) is 17.9 Å². The summed E-state index contributed by atoms with van der Waals surface area (Å²) in [6.45, 7) is 12.8. The van der Waals surface area contributed by atoms with E-state index < -0.39 is 5.54 Å². The first-order valence-electron chi connectivity index (χ1n) is 8.97. The minimum atomic E-state index is -0.412. The van der Waals surface area contributed by atoms with Gasteiger partial charge in [0, 0.05) is 17.9 Å². The van der Waals surface area contributed by atoms with E-state index in [2.05, 4.69) is 42.8 Å². The number of carbonyl (C=O) groups excluding carboxylic acids is 1. The molecule has 2 unspecified atom stereocenters. The van der Waals surface area contributed by atoms with E-state index in [1.165, 1.54) is 5.56 Å². The molecule has 4 heteroatoms. The smallest absolute Gasteiger partial charge is 0.253 e. The Hall–Kier alpha value is -2.07. The summed E-state index contributed by atoms with van der Waals surface area (Å²) >= 11 is 0. The summed E-state index contributed by atoms with van der Waals surface area (Å²) in [5.74, 6) is 0.203. The molecule has 0 aliphatic heterocycles. The van der Waals surface area contributed by atoms with Gasteiger partial charge in [0.05, 0.1) is 17.1 Å². The number of nitrogens with zero attached hydrogens (tertiary/aromatic N) is 1. The summed E-state index contributed by atoms with van der Waals surface area (Å²) in [7, 11) is 0. The summed E-state index contributed by atoms with van der Waals surface area (Å²) in [6.07, 6.45) is 0. The molecule has 1 amide bonds. The van der Waals surface area contributed by atoms with Crippen LogP contribution >= 0.6 is 0 Å². The van der Waals surface area contributed by atoms with Crippen molar-refractivity contribution < 1.29 is 4.79 Å². The molecule has 1 heterocycles. The monoisotopic (exact) mass is 341 g/mol. The molecule has 0 saturated carbocycles. The number of benzene rings is 1. The number of aryl methyl sites for hydroxylation is 1. The lowest BCUT2D eigenvalue weighted by atomic mass is 9.88. The zero-order chi connectivity index (χ0) is 18.8. The summed E-state index contributed by atoms with van der Waals surface area (Å²) in [6, 6.07) is 12.5. The number of amides is 1. The van der Waals surface area contributed by atoms with Gasteiger partial charge in [-0.1, -0.05) is 44.2 Å². The van der Waals surface area contributed by atoms with Crippen LogP contribution in [0.5, 0.6) is 0 Å². The zero-order valence-electron chi connectivity index (χ0n) is 16.3. The van der Waals surface area contributed by atoms with Crippen molar-refractivity contribution in [1.29, 1.82) is 0 Å². The highest BCUT2D eigenvalue weighted by Crippen LogP contribution is 2.26. The van der Waals surface area contributed by atoms with E-state index in [9.17, 15) is 4.79 Å². The van der Waals surface area contributed by atoms with Crippen LogP contribution in [0.3, 0.4) is 0 Å². The predicted molar refractivity (Wildman–Crippen MR) is 104 cm³/mol. The van der Waals surface area contributed by atoms with Crippen LogP contribution in [0, 0.1) is 19.8 Å². The molecular formula is C21H31N3O. The average Bonchev–Trinajstić information content (AvgIpc) is 2.89. The number of nitrogens with one attached hydrogen (secondary N) is 1. The molecular weight excluding hydrogens is 310 g/mol. The first-order chi connectivity index (χ1) is 11.7. The van der Waals surface area contributed by atoms with Crippen LogP contribution in [0.2, 0.25) is 0 Å². The van der Waals surface area contributed by atoms with Gasteiger partial charge >= 0.3 is 0 Å². The second kappa shape index (κ2) is 7.44. The van der Waals surface area contributed by atoms with Crippen molar-refractivity contribution in [3.8, 4) is 0 Å². The van der Waals surface area contributed by atoms with Crippen molar-refractivity contribution in [2.24, 2.45) is 11.7 Å². The standard InChI is InChI=1S/C21H31N3O/c1-14(2)21(6,13-22)23-20(25)19-12-15(3)24(17(19)5)16(4)18-10-8-7-9-11-18/h7-12,14,16H,13,22H2,1-6H3,(H,23,25). The SMILES string of the molecule is Cc1cc(C(=O)NC(C)(CN)C(C)C)c(C)n1C(C)c1ccccc1.